The lowest BCUT2D eigenvalue weighted by Crippen LogP contribution is -2.22. The fraction of sp³-hybridized carbons (Fsp3) is 0.200. The fourth-order valence-electron chi connectivity index (χ4n) is 1.54. The maximum absolute atomic E-state index is 10.9. The lowest BCUT2D eigenvalue weighted by atomic mass is 9.97. The Kier molecular flexibility index (Phi) is 1.85. The second-order valence-corrected chi connectivity index (χ2v) is 2.97. The van der Waals surface area contributed by atoms with Crippen molar-refractivity contribution < 1.29 is 4.79 Å². The van der Waals surface area contributed by atoms with Crippen LogP contribution in [-0.2, 0) is 11.2 Å². The molecule has 1 aliphatic heterocycles. The molecule has 1 heterocycles. The molecular formula is C10H9N2O. The topological polar surface area (TPSA) is 53.2 Å². The summed E-state index contributed by atoms with van der Waals surface area (Å²) in [6.45, 7) is 0.622. The van der Waals surface area contributed by atoms with Gasteiger partial charge in [0, 0.05) is 12.1 Å². The number of aliphatic imine (C=N–C) groups is 1. The number of nitrogens with one attached hydrogen (secondary N) is 1. The number of fused-ring (bicyclic) bond motifs is 1. The molecule has 0 unspecified atom stereocenters. The van der Waals surface area contributed by atoms with E-state index < -0.39 is 5.91 Å². The van der Waals surface area contributed by atoms with E-state index in [0.717, 1.165) is 17.5 Å². The van der Waals surface area contributed by atoms with E-state index in [1.807, 2.05) is 24.3 Å². The van der Waals surface area contributed by atoms with E-state index in [2.05, 4.69) is 4.99 Å². The van der Waals surface area contributed by atoms with Gasteiger partial charge in [0.2, 0.25) is 0 Å². The number of hydrogen-bond donors (Lipinski definition) is 0. The Morgan fingerprint density at radius 3 is 2.92 bits per heavy atom. The third kappa shape index (κ3) is 1.33. The summed E-state index contributed by atoms with van der Waals surface area (Å²) in [6, 6.07) is 7.63. The highest BCUT2D eigenvalue weighted by atomic mass is 16.1. The Hall–Kier alpha value is -1.64. The highest BCUT2D eigenvalue weighted by Gasteiger charge is 2.17. The highest BCUT2D eigenvalue weighted by molar-refractivity contribution is 6.45. The first kappa shape index (κ1) is 7.98. The SMILES string of the molecule is [NH]C(=O)C1=NCCc2ccccc21. The summed E-state index contributed by atoms with van der Waals surface area (Å²) in [5.74, 6) is -0.688. The predicted molar refractivity (Wildman–Crippen MR) is 49.7 cm³/mol. The Bertz CT molecular complexity index is 382. The molecule has 0 aliphatic carbocycles. The summed E-state index contributed by atoms with van der Waals surface area (Å²) in [4.78, 5) is 14.9. The summed E-state index contributed by atoms with van der Waals surface area (Å²) in [6.07, 6.45) is 0.868. The lowest BCUT2D eigenvalue weighted by Gasteiger charge is -2.13. The molecular weight excluding hydrogens is 164 g/mol. The van der Waals surface area contributed by atoms with E-state index in [0.29, 0.717) is 12.3 Å². The largest absolute Gasteiger partial charge is 0.288 e. The van der Waals surface area contributed by atoms with E-state index in [1.54, 1.807) is 0 Å². The van der Waals surface area contributed by atoms with Crippen LogP contribution in [0.15, 0.2) is 29.3 Å². The second-order valence-electron chi connectivity index (χ2n) is 2.97. The van der Waals surface area contributed by atoms with Crippen LogP contribution in [0.4, 0.5) is 0 Å². The number of nitrogens with zero attached hydrogens (tertiary/aromatic N) is 1. The van der Waals surface area contributed by atoms with Crippen molar-refractivity contribution >= 4 is 11.6 Å². The number of rotatable bonds is 1. The third-order valence-corrected chi connectivity index (χ3v) is 2.14. The van der Waals surface area contributed by atoms with Crippen molar-refractivity contribution in [2.45, 2.75) is 6.42 Å². The van der Waals surface area contributed by atoms with Gasteiger partial charge < -0.3 is 0 Å². The molecule has 65 valence electrons. The van der Waals surface area contributed by atoms with Gasteiger partial charge in [0.25, 0.3) is 5.91 Å². The Morgan fingerprint density at radius 2 is 2.15 bits per heavy atom. The second kappa shape index (κ2) is 3.01. The van der Waals surface area contributed by atoms with Crippen molar-refractivity contribution in [2.75, 3.05) is 6.54 Å². The van der Waals surface area contributed by atoms with E-state index in [9.17, 15) is 4.79 Å². The molecule has 0 saturated carbocycles. The molecule has 0 bridgehead atoms. The minimum Gasteiger partial charge on any atom is -0.279 e. The first-order valence-electron chi connectivity index (χ1n) is 4.17. The van der Waals surface area contributed by atoms with Crippen molar-refractivity contribution in [1.82, 2.24) is 5.73 Å². The number of benzene rings is 1. The Balaban J connectivity index is 2.53. The number of hydrogen-bond acceptors (Lipinski definition) is 2. The number of carbonyl (C=O) groups excluding carboxylic acids is 1. The molecule has 1 radical (unpaired) electrons. The minimum atomic E-state index is -0.688. The molecule has 0 fully saturated rings. The summed E-state index contributed by atoms with van der Waals surface area (Å²) >= 11 is 0. The van der Waals surface area contributed by atoms with E-state index in [4.69, 9.17) is 5.73 Å². The Labute approximate surface area is 76.3 Å². The van der Waals surface area contributed by atoms with Crippen LogP contribution in [0.5, 0.6) is 0 Å². The smallest absolute Gasteiger partial charge is 0.279 e. The zero-order valence-electron chi connectivity index (χ0n) is 7.08. The molecule has 0 atom stereocenters. The van der Waals surface area contributed by atoms with Crippen LogP contribution < -0.4 is 5.73 Å². The van der Waals surface area contributed by atoms with Crippen LogP contribution in [0.25, 0.3) is 0 Å². The molecule has 0 spiro atoms. The molecule has 1 aromatic rings. The van der Waals surface area contributed by atoms with Crippen LogP contribution in [0, 0.1) is 0 Å². The maximum Gasteiger partial charge on any atom is 0.288 e. The standard InChI is InChI=1S/C10H9N2O/c11-10(13)9-8-4-2-1-3-7(8)5-6-12-9/h1-4,11H,5-6H2. The molecule has 1 aromatic carbocycles. The average molecular weight is 173 g/mol. The van der Waals surface area contributed by atoms with E-state index in [-0.39, 0.29) is 0 Å². The van der Waals surface area contributed by atoms with Gasteiger partial charge in [0.15, 0.2) is 0 Å². The summed E-state index contributed by atoms with van der Waals surface area (Å²) in [7, 11) is 0. The molecule has 1 N–H and O–H groups in total. The molecule has 0 aromatic heterocycles. The lowest BCUT2D eigenvalue weighted by molar-refractivity contribution is -0.112. The van der Waals surface area contributed by atoms with Crippen molar-refractivity contribution in [2.24, 2.45) is 4.99 Å². The van der Waals surface area contributed by atoms with Crippen LogP contribution >= 0.6 is 0 Å². The average Bonchev–Trinajstić information content (AvgIpc) is 2.17. The molecule has 0 saturated heterocycles. The zero-order chi connectivity index (χ0) is 9.26. The highest BCUT2D eigenvalue weighted by Crippen LogP contribution is 2.15. The fourth-order valence-corrected chi connectivity index (χ4v) is 1.54. The van der Waals surface area contributed by atoms with Gasteiger partial charge in [-0.1, -0.05) is 24.3 Å². The molecule has 1 amide bonds. The minimum absolute atomic E-state index is 0.307. The Morgan fingerprint density at radius 1 is 1.38 bits per heavy atom. The molecule has 2 rings (SSSR count). The maximum atomic E-state index is 10.9. The van der Waals surface area contributed by atoms with Crippen LogP contribution in [0.1, 0.15) is 11.1 Å². The monoisotopic (exact) mass is 173 g/mol. The molecule has 3 heteroatoms. The van der Waals surface area contributed by atoms with Gasteiger partial charge in [-0.3, -0.25) is 15.5 Å². The third-order valence-electron chi connectivity index (χ3n) is 2.14. The van der Waals surface area contributed by atoms with Gasteiger partial charge >= 0.3 is 0 Å². The quantitative estimate of drug-likeness (QED) is 0.620. The van der Waals surface area contributed by atoms with Crippen molar-refractivity contribution in [1.29, 1.82) is 0 Å². The van der Waals surface area contributed by atoms with Crippen molar-refractivity contribution in [3.05, 3.63) is 35.4 Å². The zero-order valence-corrected chi connectivity index (χ0v) is 7.08. The van der Waals surface area contributed by atoms with Gasteiger partial charge in [-0.15, -0.1) is 0 Å². The summed E-state index contributed by atoms with van der Waals surface area (Å²) < 4.78 is 0. The van der Waals surface area contributed by atoms with Crippen LogP contribution in [0.2, 0.25) is 0 Å². The van der Waals surface area contributed by atoms with Gasteiger partial charge in [-0.05, 0) is 12.0 Å². The van der Waals surface area contributed by atoms with E-state index in [1.165, 1.54) is 0 Å². The number of amides is 1. The van der Waals surface area contributed by atoms with Crippen LogP contribution in [-0.4, -0.2) is 18.2 Å². The normalized spacial score (nSPS) is 14.6. The first-order chi connectivity index (χ1) is 6.29. The van der Waals surface area contributed by atoms with E-state index >= 15 is 0 Å². The van der Waals surface area contributed by atoms with Gasteiger partial charge in [0.1, 0.15) is 5.71 Å². The van der Waals surface area contributed by atoms with Crippen molar-refractivity contribution in [3.8, 4) is 0 Å². The molecule has 3 nitrogen and oxygen atoms in total. The van der Waals surface area contributed by atoms with Gasteiger partial charge in [0.05, 0.1) is 0 Å². The molecule has 13 heavy (non-hydrogen) atoms. The summed E-state index contributed by atoms with van der Waals surface area (Å²) in [5.41, 5.74) is 9.29. The number of carbonyl (C=O) groups is 1. The molecule has 1 aliphatic rings. The van der Waals surface area contributed by atoms with Crippen LogP contribution in [0.3, 0.4) is 0 Å². The first-order valence-corrected chi connectivity index (χ1v) is 4.17. The van der Waals surface area contributed by atoms with Gasteiger partial charge in [-0.2, -0.15) is 0 Å². The summed E-state index contributed by atoms with van der Waals surface area (Å²) in [5, 5.41) is 0. The predicted octanol–water partition coefficient (Wildman–Crippen LogP) is 0.841. The van der Waals surface area contributed by atoms with Crippen molar-refractivity contribution in [3.63, 3.8) is 0 Å². The van der Waals surface area contributed by atoms with Gasteiger partial charge in [-0.25, -0.2) is 0 Å².